The molecular weight excluding hydrogens is 520 g/mol. The van der Waals surface area contributed by atoms with Crippen LogP contribution in [-0.4, -0.2) is 38.1 Å². The number of hydrogen-bond acceptors (Lipinski definition) is 6. The van der Waals surface area contributed by atoms with Crippen molar-refractivity contribution in [2.45, 2.75) is 13.5 Å². The fraction of sp³-hybridized carbons (Fsp3) is 0.105. The van der Waals surface area contributed by atoms with Crippen LogP contribution in [0, 0.1) is 0 Å². The number of aromatic hydroxyl groups is 1. The highest BCUT2D eigenvalue weighted by Crippen LogP contribution is 2.30. The molecule has 11 heteroatoms. The van der Waals surface area contributed by atoms with Crippen LogP contribution in [0.5, 0.6) is 5.75 Å². The van der Waals surface area contributed by atoms with E-state index in [0.717, 1.165) is 10.0 Å². The smallest absolute Gasteiger partial charge is 0.261 e. The van der Waals surface area contributed by atoms with Gasteiger partial charge < -0.3 is 10.4 Å². The maximum atomic E-state index is 12.1. The Kier molecular flexibility index (Phi) is 6.95. The van der Waals surface area contributed by atoms with Gasteiger partial charge in [0.15, 0.2) is 0 Å². The molecule has 0 bridgehead atoms. The summed E-state index contributed by atoms with van der Waals surface area (Å²) in [4.78, 5) is 23.3. The molecule has 0 aliphatic heterocycles. The number of carbonyl (C=O) groups is 2. The summed E-state index contributed by atoms with van der Waals surface area (Å²) in [5.74, 6) is -0.571. The lowest BCUT2D eigenvalue weighted by Gasteiger charge is -2.03. The van der Waals surface area contributed by atoms with E-state index in [1.807, 2.05) is 6.07 Å². The molecule has 2 amide bonds. The third kappa shape index (κ3) is 5.74. The minimum absolute atomic E-state index is 0.0126. The second-order valence-electron chi connectivity index (χ2n) is 6.18. The van der Waals surface area contributed by atoms with Crippen LogP contribution in [0.25, 0.3) is 11.3 Å². The second-order valence-corrected chi connectivity index (χ2v) is 7.95. The third-order valence-electron chi connectivity index (χ3n) is 3.77. The first-order valence-corrected chi connectivity index (χ1v) is 10.2. The highest BCUT2D eigenvalue weighted by atomic mass is 79.9. The van der Waals surface area contributed by atoms with Gasteiger partial charge in [-0.2, -0.15) is 5.10 Å². The number of anilines is 1. The van der Waals surface area contributed by atoms with E-state index in [1.54, 1.807) is 36.5 Å². The van der Waals surface area contributed by atoms with E-state index in [2.05, 4.69) is 58.0 Å². The molecule has 3 rings (SSSR count). The van der Waals surface area contributed by atoms with Crippen LogP contribution < -0.4 is 10.7 Å². The Hall–Kier alpha value is -3.05. The minimum Gasteiger partial charge on any atom is -0.506 e. The number of amides is 2. The molecule has 0 aliphatic rings. The average molecular weight is 536 g/mol. The van der Waals surface area contributed by atoms with Gasteiger partial charge in [-0.25, -0.2) is 10.1 Å². The van der Waals surface area contributed by atoms with E-state index in [0.29, 0.717) is 21.4 Å². The number of halogens is 2. The molecule has 154 valence electrons. The van der Waals surface area contributed by atoms with Gasteiger partial charge in [0.2, 0.25) is 5.91 Å². The molecule has 2 aromatic carbocycles. The molecule has 3 N–H and O–H groups in total. The Morgan fingerprint density at radius 1 is 1.27 bits per heavy atom. The first-order valence-electron chi connectivity index (χ1n) is 8.60. The van der Waals surface area contributed by atoms with E-state index < -0.39 is 5.91 Å². The van der Waals surface area contributed by atoms with Crippen LogP contribution in [0.1, 0.15) is 12.5 Å². The Bertz CT molecular complexity index is 1130. The summed E-state index contributed by atoms with van der Waals surface area (Å²) < 4.78 is 2.62. The van der Waals surface area contributed by atoms with Gasteiger partial charge in [0.05, 0.1) is 16.9 Å². The van der Waals surface area contributed by atoms with Crippen molar-refractivity contribution in [3.63, 3.8) is 0 Å². The largest absolute Gasteiger partial charge is 0.506 e. The van der Waals surface area contributed by atoms with Crippen molar-refractivity contribution in [2.75, 3.05) is 5.32 Å². The molecule has 0 aliphatic carbocycles. The lowest BCUT2D eigenvalue weighted by molar-refractivity contribution is -0.121. The number of hydrogen-bond donors (Lipinski definition) is 3. The van der Waals surface area contributed by atoms with Gasteiger partial charge in [0, 0.05) is 28.2 Å². The van der Waals surface area contributed by atoms with Gasteiger partial charge in [-0.15, -0.1) is 5.10 Å². The van der Waals surface area contributed by atoms with Crippen molar-refractivity contribution in [2.24, 2.45) is 5.10 Å². The van der Waals surface area contributed by atoms with Gasteiger partial charge in [0.1, 0.15) is 18.0 Å². The summed E-state index contributed by atoms with van der Waals surface area (Å²) in [7, 11) is 0. The first-order chi connectivity index (χ1) is 14.3. The normalized spacial score (nSPS) is 10.9. The zero-order valence-electron chi connectivity index (χ0n) is 15.6. The van der Waals surface area contributed by atoms with Crippen molar-refractivity contribution in [3.8, 4) is 17.0 Å². The fourth-order valence-electron chi connectivity index (χ4n) is 2.51. The average Bonchev–Trinajstić information content (AvgIpc) is 3.13. The number of aromatic nitrogens is 3. The van der Waals surface area contributed by atoms with E-state index in [1.165, 1.54) is 17.8 Å². The summed E-state index contributed by atoms with van der Waals surface area (Å²) in [6.45, 7) is 1.34. The summed E-state index contributed by atoms with van der Waals surface area (Å²) in [6.07, 6.45) is 2.95. The predicted molar refractivity (Wildman–Crippen MR) is 119 cm³/mol. The van der Waals surface area contributed by atoms with Crippen LogP contribution >= 0.6 is 31.9 Å². The van der Waals surface area contributed by atoms with Crippen molar-refractivity contribution < 1.29 is 14.7 Å². The summed E-state index contributed by atoms with van der Waals surface area (Å²) >= 11 is 6.55. The Balaban J connectivity index is 1.62. The zero-order chi connectivity index (χ0) is 21.7. The molecule has 0 saturated heterocycles. The lowest BCUT2D eigenvalue weighted by Crippen LogP contribution is -2.23. The fourth-order valence-corrected chi connectivity index (χ4v) is 3.77. The number of hydrazone groups is 1. The molecule has 0 spiro atoms. The molecule has 0 radical (unpaired) electrons. The molecule has 1 heterocycles. The predicted octanol–water partition coefficient (Wildman–Crippen LogP) is 3.28. The van der Waals surface area contributed by atoms with E-state index in [9.17, 15) is 14.7 Å². The molecule has 3 aromatic rings. The number of phenolic OH excluding ortho intramolecular Hbond substituents is 1. The number of nitrogens with one attached hydrogen (secondary N) is 2. The van der Waals surface area contributed by atoms with E-state index >= 15 is 0 Å². The summed E-state index contributed by atoms with van der Waals surface area (Å²) in [5, 5.41) is 24.5. The van der Waals surface area contributed by atoms with E-state index in [-0.39, 0.29) is 18.2 Å². The molecule has 0 atom stereocenters. The Morgan fingerprint density at radius 3 is 2.83 bits per heavy atom. The number of phenols is 1. The quantitative estimate of drug-likeness (QED) is 0.330. The van der Waals surface area contributed by atoms with Crippen LogP contribution in [0.4, 0.5) is 5.69 Å². The monoisotopic (exact) mass is 534 g/mol. The number of carbonyl (C=O) groups excluding carboxylic acids is 2. The van der Waals surface area contributed by atoms with Crippen molar-refractivity contribution in [3.05, 3.63) is 57.1 Å². The van der Waals surface area contributed by atoms with Gasteiger partial charge in [-0.1, -0.05) is 33.3 Å². The Labute approximate surface area is 188 Å². The highest BCUT2D eigenvalue weighted by Gasteiger charge is 2.09. The van der Waals surface area contributed by atoms with Gasteiger partial charge in [-0.05, 0) is 40.2 Å². The number of nitrogens with zero attached hydrogens (tertiary/aromatic N) is 4. The van der Waals surface area contributed by atoms with Gasteiger partial charge in [0.25, 0.3) is 5.91 Å². The van der Waals surface area contributed by atoms with Crippen molar-refractivity contribution in [1.29, 1.82) is 0 Å². The summed E-state index contributed by atoms with van der Waals surface area (Å²) in [5.41, 5.74) is 4.76. The lowest BCUT2D eigenvalue weighted by atomic mass is 10.1. The van der Waals surface area contributed by atoms with Gasteiger partial charge >= 0.3 is 0 Å². The van der Waals surface area contributed by atoms with E-state index in [4.69, 9.17) is 0 Å². The first kappa shape index (κ1) is 21.7. The Morgan fingerprint density at radius 2 is 2.07 bits per heavy atom. The van der Waals surface area contributed by atoms with Crippen LogP contribution in [0.3, 0.4) is 0 Å². The van der Waals surface area contributed by atoms with Crippen molar-refractivity contribution >= 4 is 55.6 Å². The molecular formula is C19H16Br2N6O3. The number of benzene rings is 2. The SMILES string of the molecule is CC(=O)Nc1cccc(-c2cn(CC(=O)N/N=C/c3cc(Br)cc(Br)c3O)nn2)c1. The minimum atomic E-state index is -0.414. The summed E-state index contributed by atoms with van der Waals surface area (Å²) in [6, 6.07) is 10.5. The molecule has 30 heavy (non-hydrogen) atoms. The molecule has 1 aromatic heterocycles. The zero-order valence-corrected chi connectivity index (χ0v) is 18.8. The standard InChI is InChI=1S/C19H16Br2N6O3/c1-11(28)23-15-4-2-3-12(6-15)17-9-27(26-24-17)10-18(29)25-22-8-13-5-14(20)7-16(21)19(13)30/h2-9,30H,10H2,1H3,(H,23,28)(H,25,29)/b22-8+. The number of rotatable bonds is 6. The highest BCUT2D eigenvalue weighted by molar-refractivity contribution is 9.11. The maximum absolute atomic E-state index is 12.1. The second kappa shape index (κ2) is 9.63. The van der Waals surface area contributed by atoms with Crippen LogP contribution in [0.2, 0.25) is 0 Å². The molecule has 0 saturated carbocycles. The van der Waals surface area contributed by atoms with Gasteiger partial charge in [-0.3, -0.25) is 9.59 Å². The molecule has 9 nitrogen and oxygen atoms in total. The van der Waals surface area contributed by atoms with Crippen molar-refractivity contribution in [1.82, 2.24) is 20.4 Å². The maximum Gasteiger partial charge on any atom is 0.261 e. The topological polar surface area (TPSA) is 122 Å². The molecule has 0 unspecified atom stereocenters. The van der Waals surface area contributed by atoms with Crippen LogP contribution in [-0.2, 0) is 16.1 Å². The third-order valence-corrected chi connectivity index (χ3v) is 4.84. The molecule has 0 fully saturated rings. The van der Waals surface area contributed by atoms with Crippen LogP contribution in [0.15, 0.2) is 56.6 Å².